The minimum Gasteiger partial charge on any atom is -0.465 e. The van der Waals surface area contributed by atoms with E-state index in [0.29, 0.717) is 34.3 Å². The Bertz CT molecular complexity index is 950. The van der Waals surface area contributed by atoms with Crippen LogP contribution >= 0.6 is 0 Å². The molecule has 4 rings (SSSR count). The summed E-state index contributed by atoms with van der Waals surface area (Å²) in [5.41, 5.74) is 2.11. The van der Waals surface area contributed by atoms with Gasteiger partial charge in [-0.05, 0) is 32.8 Å². The molecule has 0 radical (unpaired) electrons. The zero-order valence-electron chi connectivity index (χ0n) is 13.6. The third-order valence-electron chi connectivity index (χ3n) is 4.39. The van der Waals surface area contributed by atoms with E-state index in [0.717, 1.165) is 12.8 Å². The van der Waals surface area contributed by atoms with Crippen molar-refractivity contribution in [2.75, 3.05) is 7.11 Å². The highest BCUT2D eigenvalue weighted by Crippen LogP contribution is 2.41. The fourth-order valence-corrected chi connectivity index (χ4v) is 3.02. The van der Waals surface area contributed by atoms with Crippen molar-refractivity contribution in [3.8, 4) is 11.1 Å². The van der Waals surface area contributed by atoms with Crippen LogP contribution in [0.25, 0.3) is 22.2 Å². The summed E-state index contributed by atoms with van der Waals surface area (Å²) >= 11 is 0. The van der Waals surface area contributed by atoms with Crippen molar-refractivity contribution < 1.29 is 18.4 Å². The number of aromatic nitrogens is 3. The molecule has 124 valence electrons. The van der Waals surface area contributed by atoms with E-state index in [9.17, 15) is 4.79 Å². The van der Waals surface area contributed by atoms with Crippen molar-refractivity contribution >= 4 is 17.0 Å². The van der Waals surface area contributed by atoms with Crippen LogP contribution in [0.4, 0.5) is 4.39 Å². The van der Waals surface area contributed by atoms with E-state index in [-0.39, 0.29) is 16.6 Å². The summed E-state index contributed by atoms with van der Waals surface area (Å²) in [5, 5.41) is 3.87. The van der Waals surface area contributed by atoms with Crippen LogP contribution in [-0.4, -0.2) is 28.2 Å². The number of H-pyrrole nitrogens is 1. The van der Waals surface area contributed by atoms with Gasteiger partial charge in [0.25, 0.3) is 0 Å². The van der Waals surface area contributed by atoms with Gasteiger partial charge in [0.1, 0.15) is 22.6 Å². The molecule has 1 aliphatic rings. The molecule has 7 heteroatoms. The minimum atomic E-state index is -0.554. The lowest BCUT2D eigenvalue weighted by molar-refractivity contribution is 0.0603. The Kier molecular flexibility index (Phi) is 3.19. The molecule has 0 amide bonds. The van der Waals surface area contributed by atoms with Crippen LogP contribution in [0.5, 0.6) is 0 Å². The van der Waals surface area contributed by atoms with Gasteiger partial charge in [-0.25, -0.2) is 14.2 Å². The molecule has 6 nitrogen and oxygen atoms in total. The van der Waals surface area contributed by atoms with Crippen molar-refractivity contribution in [2.45, 2.75) is 32.6 Å². The number of carbonyl (C=O) groups is 1. The quantitative estimate of drug-likeness (QED) is 0.742. The van der Waals surface area contributed by atoms with Gasteiger partial charge in [-0.1, -0.05) is 5.16 Å². The van der Waals surface area contributed by atoms with Crippen LogP contribution < -0.4 is 0 Å². The average Bonchev–Trinajstić information content (AvgIpc) is 3.24. The molecule has 0 atom stereocenters. The van der Waals surface area contributed by atoms with E-state index in [1.54, 1.807) is 13.8 Å². The monoisotopic (exact) mass is 329 g/mol. The molecule has 1 aliphatic carbocycles. The Balaban J connectivity index is 2.04. The number of methoxy groups -OCH3 is 1. The van der Waals surface area contributed by atoms with Crippen LogP contribution in [-0.2, 0) is 4.74 Å². The topological polar surface area (TPSA) is 81.0 Å². The summed E-state index contributed by atoms with van der Waals surface area (Å²) in [4.78, 5) is 19.7. The van der Waals surface area contributed by atoms with Gasteiger partial charge in [0, 0.05) is 11.5 Å². The number of nitrogens with one attached hydrogen (secondary N) is 1. The van der Waals surface area contributed by atoms with Gasteiger partial charge in [-0.15, -0.1) is 0 Å². The number of imidazole rings is 1. The molecule has 1 aromatic carbocycles. The fourth-order valence-electron chi connectivity index (χ4n) is 3.02. The predicted molar refractivity (Wildman–Crippen MR) is 84.3 cm³/mol. The molecule has 1 saturated carbocycles. The third kappa shape index (κ3) is 2.11. The van der Waals surface area contributed by atoms with Crippen molar-refractivity contribution in [3.05, 3.63) is 34.7 Å². The van der Waals surface area contributed by atoms with E-state index in [1.807, 2.05) is 0 Å². The predicted octanol–water partition coefficient (Wildman–Crippen LogP) is 3.64. The van der Waals surface area contributed by atoms with Crippen molar-refractivity contribution in [1.29, 1.82) is 0 Å². The van der Waals surface area contributed by atoms with Gasteiger partial charge >= 0.3 is 5.97 Å². The van der Waals surface area contributed by atoms with Crippen LogP contribution in [0, 0.1) is 19.7 Å². The maximum absolute atomic E-state index is 15.1. The number of rotatable bonds is 3. The summed E-state index contributed by atoms with van der Waals surface area (Å²) < 4.78 is 25.1. The molecular formula is C17H16FN3O3. The van der Waals surface area contributed by atoms with E-state index >= 15 is 4.39 Å². The minimum absolute atomic E-state index is 0.217. The summed E-state index contributed by atoms with van der Waals surface area (Å²) in [7, 11) is 1.29. The summed E-state index contributed by atoms with van der Waals surface area (Å²) in [6.45, 7) is 3.44. The molecule has 0 bridgehead atoms. The van der Waals surface area contributed by atoms with Gasteiger partial charge in [0.05, 0.1) is 23.9 Å². The smallest absolute Gasteiger partial charge is 0.340 e. The number of aryl methyl sites for hydroxylation is 2. The van der Waals surface area contributed by atoms with E-state index < -0.39 is 11.8 Å². The second-order valence-electron chi connectivity index (χ2n) is 6.10. The summed E-state index contributed by atoms with van der Waals surface area (Å²) in [6, 6.07) is 1.47. The molecule has 0 unspecified atom stereocenters. The number of nitrogens with zero attached hydrogens (tertiary/aromatic N) is 2. The molecular weight excluding hydrogens is 313 g/mol. The van der Waals surface area contributed by atoms with E-state index in [1.165, 1.54) is 13.2 Å². The molecule has 0 aliphatic heterocycles. The van der Waals surface area contributed by atoms with E-state index in [2.05, 4.69) is 15.1 Å². The Morgan fingerprint density at radius 3 is 2.75 bits per heavy atom. The normalized spacial score (nSPS) is 14.3. The average molecular weight is 329 g/mol. The number of ether oxygens (including phenoxy) is 1. The van der Waals surface area contributed by atoms with Crippen LogP contribution in [0.1, 0.15) is 46.4 Å². The first kappa shape index (κ1) is 14.9. The summed E-state index contributed by atoms with van der Waals surface area (Å²) in [5.74, 6) is 0.492. The van der Waals surface area contributed by atoms with Crippen LogP contribution in [0.15, 0.2) is 10.6 Å². The number of halogens is 1. The highest BCUT2D eigenvalue weighted by Gasteiger charge is 2.30. The molecule has 0 spiro atoms. The van der Waals surface area contributed by atoms with Gasteiger partial charge in [0.2, 0.25) is 0 Å². The maximum Gasteiger partial charge on any atom is 0.340 e. The maximum atomic E-state index is 15.1. The number of benzene rings is 1. The van der Waals surface area contributed by atoms with Crippen molar-refractivity contribution in [1.82, 2.24) is 15.1 Å². The third-order valence-corrected chi connectivity index (χ3v) is 4.39. The first-order valence-corrected chi connectivity index (χ1v) is 7.75. The number of esters is 1. The zero-order valence-corrected chi connectivity index (χ0v) is 13.6. The van der Waals surface area contributed by atoms with Crippen molar-refractivity contribution in [3.63, 3.8) is 0 Å². The standard InChI is InChI=1S/C17H16FN3O3/c1-7-12(8(2)24-21-7)10-6-11(17(22)23-3)14-15(13(10)18)20-16(19-14)9-4-5-9/h6,9H,4-5H2,1-3H3,(H,19,20). The lowest BCUT2D eigenvalue weighted by Gasteiger charge is -2.07. The number of carbonyl (C=O) groups excluding carboxylic acids is 1. The van der Waals surface area contributed by atoms with Crippen molar-refractivity contribution in [2.24, 2.45) is 0 Å². The largest absolute Gasteiger partial charge is 0.465 e. The van der Waals surface area contributed by atoms with Gasteiger partial charge in [-0.2, -0.15) is 0 Å². The molecule has 2 heterocycles. The second kappa shape index (κ2) is 5.15. The van der Waals surface area contributed by atoms with Gasteiger partial charge in [0.15, 0.2) is 5.82 Å². The van der Waals surface area contributed by atoms with Gasteiger partial charge in [-0.3, -0.25) is 0 Å². The Morgan fingerprint density at radius 2 is 2.17 bits per heavy atom. The number of hydrogen-bond donors (Lipinski definition) is 1. The Morgan fingerprint density at radius 1 is 1.42 bits per heavy atom. The second-order valence-corrected chi connectivity index (χ2v) is 6.10. The number of hydrogen-bond acceptors (Lipinski definition) is 5. The van der Waals surface area contributed by atoms with Crippen LogP contribution in [0.2, 0.25) is 0 Å². The lowest BCUT2D eigenvalue weighted by Crippen LogP contribution is -2.04. The van der Waals surface area contributed by atoms with E-state index in [4.69, 9.17) is 9.26 Å². The molecule has 3 aromatic rings. The SMILES string of the molecule is COC(=O)c1cc(-c2c(C)noc2C)c(F)c2[nH]c(C3CC3)nc12. The fraction of sp³-hybridized carbons (Fsp3) is 0.353. The molecule has 2 aromatic heterocycles. The highest BCUT2D eigenvalue weighted by molar-refractivity contribution is 6.04. The molecule has 0 saturated heterocycles. The lowest BCUT2D eigenvalue weighted by atomic mass is 9.99. The summed E-state index contributed by atoms with van der Waals surface area (Å²) in [6.07, 6.45) is 2.04. The van der Waals surface area contributed by atoms with Crippen LogP contribution in [0.3, 0.4) is 0 Å². The highest BCUT2D eigenvalue weighted by atomic mass is 19.1. The number of fused-ring (bicyclic) bond motifs is 1. The first-order chi connectivity index (χ1) is 11.5. The zero-order chi connectivity index (χ0) is 17.0. The molecule has 24 heavy (non-hydrogen) atoms. The number of aromatic amines is 1. The first-order valence-electron chi connectivity index (χ1n) is 7.75. The Labute approximate surface area is 137 Å². The molecule has 1 fully saturated rings. The molecule has 1 N–H and O–H groups in total. The van der Waals surface area contributed by atoms with Gasteiger partial charge < -0.3 is 14.2 Å². The Hall–Kier alpha value is -2.70.